The molecule has 3 aromatic heterocycles. The molecule has 1 amide bonds. The Morgan fingerprint density at radius 2 is 2.10 bits per heavy atom. The van der Waals surface area contributed by atoms with Crippen LogP contribution in [0, 0.1) is 19.8 Å². The van der Waals surface area contributed by atoms with E-state index in [2.05, 4.69) is 35.2 Å². The van der Waals surface area contributed by atoms with Gasteiger partial charge in [0.2, 0.25) is 11.9 Å². The summed E-state index contributed by atoms with van der Waals surface area (Å²) >= 11 is 0. The number of likely N-dealkylation sites (tertiary alicyclic amines) is 1. The highest BCUT2D eigenvalue weighted by Crippen LogP contribution is 2.22. The maximum absolute atomic E-state index is 12.6. The number of aromatic amines is 1. The number of carbonyl (C=O) groups is 1. The topological polar surface area (TPSA) is 113 Å². The van der Waals surface area contributed by atoms with Gasteiger partial charge in [-0.05, 0) is 51.2 Å². The van der Waals surface area contributed by atoms with E-state index in [0.717, 1.165) is 55.1 Å². The molecule has 0 radical (unpaired) electrons. The molecule has 9 heteroatoms. The van der Waals surface area contributed by atoms with Crippen LogP contribution < -0.4 is 5.32 Å². The molecule has 1 fully saturated rings. The minimum Gasteiger partial charge on any atom is -0.345 e. The summed E-state index contributed by atoms with van der Waals surface area (Å²) in [5.41, 5.74) is 3.56. The third-order valence-corrected chi connectivity index (χ3v) is 5.20. The van der Waals surface area contributed by atoms with E-state index >= 15 is 0 Å². The lowest BCUT2D eigenvalue weighted by Crippen LogP contribution is -2.39. The van der Waals surface area contributed by atoms with Crippen molar-refractivity contribution in [3.8, 4) is 0 Å². The molecule has 1 aliphatic rings. The Morgan fingerprint density at radius 1 is 1.26 bits per heavy atom. The number of hydrogen-bond donors (Lipinski definition) is 2. The third kappa shape index (κ3) is 5.71. The van der Waals surface area contributed by atoms with E-state index in [1.54, 1.807) is 31.0 Å². The Bertz CT molecular complexity index is 1040. The first-order valence-corrected chi connectivity index (χ1v) is 10.4. The van der Waals surface area contributed by atoms with Gasteiger partial charge in [0.1, 0.15) is 12.1 Å². The minimum absolute atomic E-state index is 0.0244. The number of imidazole rings is 1. The number of nitrogens with one attached hydrogen (secondary N) is 2. The van der Waals surface area contributed by atoms with Crippen LogP contribution in [0.4, 0.5) is 11.8 Å². The highest BCUT2D eigenvalue weighted by molar-refractivity contribution is 5.91. The van der Waals surface area contributed by atoms with E-state index in [1.165, 1.54) is 0 Å². The summed E-state index contributed by atoms with van der Waals surface area (Å²) in [5, 5.41) is 3.17. The predicted octanol–water partition coefficient (Wildman–Crippen LogP) is 2.84. The minimum atomic E-state index is 0.0244. The van der Waals surface area contributed by atoms with Gasteiger partial charge in [0.25, 0.3) is 0 Å². The van der Waals surface area contributed by atoms with Crippen molar-refractivity contribution in [1.29, 1.82) is 0 Å². The van der Waals surface area contributed by atoms with Gasteiger partial charge < -0.3 is 15.2 Å². The summed E-state index contributed by atoms with van der Waals surface area (Å²) in [5.74, 6) is 1.58. The number of aryl methyl sites for hydroxylation is 2. The highest BCUT2D eigenvalue weighted by Gasteiger charge is 2.23. The van der Waals surface area contributed by atoms with Crippen LogP contribution >= 0.6 is 0 Å². The first-order chi connectivity index (χ1) is 15.0. The van der Waals surface area contributed by atoms with Crippen LogP contribution in [-0.4, -0.2) is 53.8 Å². The fraction of sp³-hybridized carbons (Fsp3) is 0.364. The molecule has 0 bridgehead atoms. The molecule has 0 saturated carbocycles. The lowest BCUT2D eigenvalue weighted by atomic mass is 9.93. The van der Waals surface area contributed by atoms with Crippen molar-refractivity contribution in [1.82, 2.24) is 34.8 Å². The van der Waals surface area contributed by atoms with Crippen LogP contribution in [0.2, 0.25) is 0 Å². The van der Waals surface area contributed by atoms with Gasteiger partial charge >= 0.3 is 0 Å². The second-order valence-electron chi connectivity index (χ2n) is 7.83. The number of H-pyrrole nitrogens is 1. The maximum atomic E-state index is 12.6. The Kier molecular flexibility index (Phi) is 6.30. The molecule has 0 aromatic carbocycles. The fourth-order valence-corrected chi connectivity index (χ4v) is 3.83. The van der Waals surface area contributed by atoms with Crippen molar-refractivity contribution in [2.24, 2.45) is 5.92 Å². The van der Waals surface area contributed by atoms with Crippen LogP contribution in [0.15, 0.2) is 37.1 Å². The maximum Gasteiger partial charge on any atom is 0.246 e. The number of anilines is 2. The summed E-state index contributed by atoms with van der Waals surface area (Å²) in [6.45, 7) is 5.37. The van der Waals surface area contributed by atoms with Gasteiger partial charge in [0, 0.05) is 42.3 Å². The number of hydrogen-bond acceptors (Lipinski definition) is 7. The third-order valence-electron chi connectivity index (χ3n) is 5.20. The number of rotatable bonds is 6. The van der Waals surface area contributed by atoms with E-state index < -0.39 is 0 Å². The summed E-state index contributed by atoms with van der Waals surface area (Å²) in [7, 11) is 0. The predicted molar refractivity (Wildman–Crippen MR) is 117 cm³/mol. The van der Waals surface area contributed by atoms with Crippen LogP contribution in [0.3, 0.4) is 0 Å². The van der Waals surface area contributed by atoms with E-state index in [1.807, 2.05) is 30.9 Å². The van der Waals surface area contributed by atoms with Gasteiger partial charge in [0.05, 0.1) is 18.2 Å². The van der Waals surface area contributed by atoms with Crippen LogP contribution in [0.5, 0.6) is 0 Å². The zero-order valence-corrected chi connectivity index (χ0v) is 17.7. The van der Waals surface area contributed by atoms with Crippen molar-refractivity contribution < 1.29 is 4.79 Å². The zero-order valence-electron chi connectivity index (χ0n) is 17.7. The van der Waals surface area contributed by atoms with Gasteiger partial charge in [-0.2, -0.15) is 0 Å². The number of carbonyl (C=O) groups excluding carboxylic acids is 1. The monoisotopic (exact) mass is 418 g/mol. The summed E-state index contributed by atoms with van der Waals surface area (Å²) in [6.07, 6.45) is 11.0. The molecule has 1 atom stereocenters. The van der Waals surface area contributed by atoms with E-state index in [9.17, 15) is 4.79 Å². The Hall–Kier alpha value is -3.62. The molecule has 1 aliphatic heterocycles. The van der Waals surface area contributed by atoms with Gasteiger partial charge in [-0.3, -0.25) is 4.79 Å². The molecule has 4 heterocycles. The largest absolute Gasteiger partial charge is 0.345 e. The molecule has 4 rings (SSSR count). The number of piperidine rings is 1. The van der Waals surface area contributed by atoms with Crippen LogP contribution in [0.1, 0.15) is 35.6 Å². The SMILES string of the molecule is Cc1cc(C)nc(Nc2cc(CC3CCCN(C(=O)C=Cc4cnc[nH]4)C3)ncn2)n1. The van der Waals surface area contributed by atoms with Gasteiger partial charge in [0.15, 0.2) is 0 Å². The highest BCUT2D eigenvalue weighted by atomic mass is 16.2. The Balaban J connectivity index is 1.37. The molecule has 1 unspecified atom stereocenters. The Morgan fingerprint density at radius 3 is 2.87 bits per heavy atom. The standard InChI is InChI=1S/C22H26N8O/c1-15-8-16(2)28-22(27-15)29-20-10-19(25-14-26-20)9-17-4-3-7-30(12-17)21(31)6-5-18-11-23-13-24-18/h5-6,8,10-11,13-14,17H,3-4,7,9,12H2,1-2H3,(H,23,24)(H,25,26,27,28,29). The molecule has 1 saturated heterocycles. The molecule has 31 heavy (non-hydrogen) atoms. The second kappa shape index (κ2) is 9.46. The molecule has 2 N–H and O–H groups in total. The lowest BCUT2D eigenvalue weighted by Gasteiger charge is -2.32. The molecular formula is C22H26N8O. The van der Waals surface area contributed by atoms with Crippen molar-refractivity contribution in [3.05, 3.63) is 59.8 Å². The second-order valence-corrected chi connectivity index (χ2v) is 7.83. The molecule has 160 valence electrons. The van der Waals surface area contributed by atoms with Crippen molar-refractivity contribution >= 4 is 23.7 Å². The molecule has 0 spiro atoms. The summed E-state index contributed by atoms with van der Waals surface area (Å²) in [6, 6.07) is 3.86. The van der Waals surface area contributed by atoms with Crippen molar-refractivity contribution in [3.63, 3.8) is 0 Å². The van der Waals surface area contributed by atoms with Crippen molar-refractivity contribution in [2.75, 3.05) is 18.4 Å². The number of aromatic nitrogens is 6. The molecule has 3 aromatic rings. The Labute approximate surface area is 181 Å². The van der Waals surface area contributed by atoms with Gasteiger partial charge in [-0.1, -0.05) is 0 Å². The average Bonchev–Trinajstić information content (AvgIpc) is 3.25. The quantitative estimate of drug-likeness (QED) is 0.592. The van der Waals surface area contributed by atoms with Crippen LogP contribution in [0.25, 0.3) is 6.08 Å². The van der Waals surface area contributed by atoms with E-state index in [0.29, 0.717) is 17.7 Å². The van der Waals surface area contributed by atoms with Crippen LogP contribution in [-0.2, 0) is 11.2 Å². The molecule has 9 nitrogen and oxygen atoms in total. The van der Waals surface area contributed by atoms with Gasteiger partial charge in [-0.15, -0.1) is 0 Å². The zero-order chi connectivity index (χ0) is 21.6. The lowest BCUT2D eigenvalue weighted by molar-refractivity contribution is -0.127. The molecular weight excluding hydrogens is 392 g/mol. The average molecular weight is 419 g/mol. The summed E-state index contributed by atoms with van der Waals surface area (Å²) < 4.78 is 0. The van der Waals surface area contributed by atoms with Gasteiger partial charge in [-0.25, -0.2) is 24.9 Å². The first-order valence-electron chi connectivity index (χ1n) is 10.4. The van der Waals surface area contributed by atoms with Crippen molar-refractivity contribution in [2.45, 2.75) is 33.1 Å². The number of amides is 1. The van der Waals surface area contributed by atoms with E-state index in [-0.39, 0.29) is 5.91 Å². The summed E-state index contributed by atoms with van der Waals surface area (Å²) in [4.78, 5) is 38.9. The van der Waals surface area contributed by atoms with E-state index in [4.69, 9.17) is 0 Å². The fourth-order valence-electron chi connectivity index (χ4n) is 3.83. The molecule has 0 aliphatic carbocycles. The smallest absolute Gasteiger partial charge is 0.246 e. The first kappa shape index (κ1) is 20.6. The number of nitrogens with zero attached hydrogens (tertiary/aromatic N) is 6. The normalized spacial score (nSPS) is 16.6.